The Morgan fingerprint density at radius 2 is 1.83 bits per heavy atom. The average Bonchev–Trinajstić information content (AvgIpc) is 1.96. The smallest absolute Gasteiger partial charge is 0.186 e. The van der Waals surface area contributed by atoms with E-state index in [0.29, 0.717) is 6.61 Å². The molecule has 3 nitrogen and oxygen atoms in total. The van der Waals surface area contributed by atoms with Crippen LogP contribution in [0.5, 0.6) is 5.75 Å². The van der Waals surface area contributed by atoms with Crippen LogP contribution in [-0.4, -0.2) is 6.61 Å². The van der Waals surface area contributed by atoms with E-state index in [1.807, 2.05) is 20.8 Å². The van der Waals surface area contributed by atoms with Gasteiger partial charge in [-0.2, -0.15) is 4.73 Å². The average molecular weight is 167 g/mol. The molecule has 0 aliphatic carbocycles. The van der Waals surface area contributed by atoms with Crippen LogP contribution in [0.4, 0.5) is 0 Å². The van der Waals surface area contributed by atoms with Crippen molar-refractivity contribution in [2.24, 2.45) is 0 Å². The first kappa shape index (κ1) is 8.84. The Morgan fingerprint density at radius 3 is 2.25 bits per heavy atom. The van der Waals surface area contributed by atoms with E-state index in [9.17, 15) is 5.21 Å². The Kier molecular flexibility index (Phi) is 2.53. The van der Waals surface area contributed by atoms with E-state index in [2.05, 4.69) is 0 Å². The third-order valence-corrected chi connectivity index (χ3v) is 1.65. The molecule has 0 saturated heterocycles. The highest BCUT2D eigenvalue weighted by atomic mass is 16.5. The van der Waals surface area contributed by atoms with Crippen molar-refractivity contribution in [2.75, 3.05) is 6.61 Å². The fourth-order valence-corrected chi connectivity index (χ4v) is 1.22. The monoisotopic (exact) mass is 167 g/mol. The van der Waals surface area contributed by atoms with Crippen LogP contribution in [-0.2, 0) is 0 Å². The van der Waals surface area contributed by atoms with E-state index in [4.69, 9.17) is 4.74 Å². The lowest BCUT2D eigenvalue weighted by molar-refractivity contribution is -0.606. The Hall–Kier alpha value is -1.25. The van der Waals surface area contributed by atoms with E-state index >= 15 is 0 Å². The van der Waals surface area contributed by atoms with Gasteiger partial charge in [0.1, 0.15) is 5.75 Å². The van der Waals surface area contributed by atoms with Gasteiger partial charge in [-0.15, -0.1) is 0 Å². The van der Waals surface area contributed by atoms with Crippen LogP contribution in [0.1, 0.15) is 18.1 Å². The Bertz CT molecular complexity index is 261. The maximum Gasteiger partial charge on any atom is 0.186 e. The second kappa shape index (κ2) is 3.43. The third kappa shape index (κ3) is 1.67. The number of aromatic nitrogens is 1. The number of hydrogen-bond acceptors (Lipinski definition) is 2. The van der Waals surface area contributed by atoms with Crippen molar-refractivity contribution in [3.63, 3.8) is 0 Å². The Labute approximate surface area is 72.2 Å². The molecule has 0 atom stereocenters. The van der Waals surface area contributed by atoms with Crippen molar-refractivity contribution < 1.29 is 9.47 Å². The Balaban J connectivity index is 3.10. The minimum Gasteiger partial charge on any atom is -0.619 e. The summed E-state index contributed by atoms with van der Waals surface area (Å²) in [7, 11) is 0. The van der Waals surface area contributed by atoms with Gasteiger partial charge in [-0.05, 0) is 20.8 Å². The SMILES string of the molecule is CCOc1c(C)c[n+]([O-])cc1C. The quantitative estimate of drug-likeness (QED) is 0.492. The summed E-state index contributed by atoms with van der Waals surface area (Å²) in [5.41, 5.74) is 1.76. The van der Waals surface area contributed by atoms with Gasteiger partial charge in [-0.25, -0.2) is 0 Å². The van der Waals surface area contributed by atoms with Gasteiger partial charge >= 0.3 is 0 Å². The van der Waals surface area contributed by atoms with Gasteiger partial charge in [0.15, 0.2) is 12.4 Å². The number of aryl methyl sites for hydroxylation is 2. The minimum absolute atomic E-state index is 0.630. The first-order chi connectivity index (χ1) is 5.65. The van der Waals surface area contributed by atoms with Crippen LogP contribution in [0.3, 0.4) is 0 Å². The molecule has 0 aliphatic heterocycles. The lowest BCUT2D eigenvalue weighted by Crippen LogP contribution is -2.26. The molecule has 1 heterocycles. The zero-order valence-electron chi connectivity index (χ0n) is 7.63. The first-order valence-electron chi connectivity index (χ1n) is 3.98. The molecule has 0 radical (unpaired) electrons. The standard InChI is InChI=1S/C9H13NO2/c1-4-12-9-7(2)5-10(11)6-8(9)3/h5-6H,4H2,1-3H3. The number of nitrogens with zero attached hydrogens (tertiary/aromatic N) is 1. The summed E-state index contributed by atoms with van der Waals surface area (Å²) < 4.78 is 6.17. The topological polar surface area (TPSA) is 36.2 Å². The van der Waals surface area contributed by atoms with Gasteiger partial charge in [0, 0.05) is 0 Å². The molecular weight excluding hydrogens is 154 g/mol. The molecule has 0 saturated carbocycles. The number of pyridine rings is 1. The molecule has 1 aromatic heterocycles. The molecule has 1 rings (SSSR count). The molecule has 0 aliphatic rings. The van der Waals surface area contributed by atoms with Crippen molar-refractivity contribution >= 4 is 0 Å². The molecule has 0 spiro atoms. The highest BCUT2D eigenvalue weighted by Gasteiger charge is 2.07. The summed E-state index contributed by atoms with van der Waals surface area (Å²) in [5.74, 6) is 0.824. The second-order valence-electron chi connectivity index (χ2n) is 2.75. The Morgan fingerprint density at radius 1 is 1.33 bits per heavy atom. The van der Waals surface area contributed by atoms with E-state index in [1.165, 1.54) is 12.4 Å². The van der Waals surface area contributed by atoms with Gasteiger partial charge in [0.05, 0.1) is 17.7 Å². The zero-order chi connectivity index (χ0) is 9.14. The van der Waals surface area contributed by atoms with E-state index in [0.717, 1.165) is 21.6 Å². The highest BCUT2D eigenvalue weighted by molar-refractivity contribution is 5.34. The summed E-state index contributed by atoms with van der Waals surface area (Å²) in [4.78, 5) is 0. The fraction of sp³-hybridized carbons (Fsp3) is 0.444. The van der Waals surface area contributed by atoms with Crippen molar-refractivity contribution in [1.82, 2.24) is 0 Å². The third-order valence-electron chi connectivity index (χ3n) is 1.65. The lowest BCUT2D eigenvalue weighted by atomic mass is 10.2. The van der Waals surface area contributed by atoms with Crippen LogP contribution in [0.25, 0.3) is 0 Å². The van der Waals surface area contributed by atoms with Gasteiger partial charge in [-0.1, -0.05) is 0 Å². The lowest BCUT2D eigenvalue weighted by Gasteiger charge is -2.08. The maximum absolute atomic E-state index is 10.9. The summed E-state index contributed by atoms with van der Waals surface area (Å²) in [6.45, 7) is 6.29. The fourth-order valence-electron chi connectivity index (χ4n) is 1.22. The number of hydrogen-bond donors (Lipinski definition) is 0. The predicted octanol–water partition coefficient (Wildman–Crippen LogP) is 1.34. The van der Waals surface area contributed by atoms with E-state index < -0.39 is 0 Å². The van der Waals surface area contributed by atoms with Crippen molar-refractivity contribution in [3.05, 3.63) is 28.7 Å². The summed E-state index contributed by atoms with van der Waals surface area (Å²) in [5, 5.41) is 10.9. The van der Waals surface area contributed by atoms with Crippen LogP contribution < -0.4 is 9.47 Å². The van der Waals surface area contributed by atoms with Crippen molar-refractivity contribution in [3.8, 4) is 5.75 Å². The van der Waals surface area contributed by atoms with E-state index in [-0.39, 0.29) is 0 Å². The largest absolute Gasteiger partial charge is 0.619 e. The van der Waals surface area contributed by atoms with Gasteiger partial charge in [-0.3, -0.25) is 0 Å². The molecule has 12 heavy (non-hydrogen) atoms. The second-order valence-corrected chi connectivity index (χ2v) is 2.75. The number of ether oxygens (including phenoxy) is 1. The van der Waals surface area contributed by atoms with Crippen molar-refractivity contribution in [2.45, 2.75) is 20.8 Å². The summed E-state index contributed by atoms with van der Waals surface area (Å²) in [6.07, 6.45) is 3.02. The molecule has 1 aromatic rings. The molecule has 66 valence electrons. The van der Waals surface area contributed by atoms with Crippen LogP contribution in [0, 0.1) is 19.1 Å². The highest BCUT2D eigenvalue weighted by Crippen LogP contribution is 2.19. The molecular formula is C9H13NO2. The maximum atomic E-state index is 10.9. The van der Waals surface area contributed by atoms with Crippen LogP contribution in [0.15, 0.2) is 12.4 Å². The normalized spacial score (nSPS) is 9.92. The molecule has 0 bridgehead atoms. The van der Waals surface area contributed by atoms with Gasteiger partial charge < -0.3 is 9.94 Å². The summed E-state index contributed by atoms with van der Waals surface area (Å²) >= 11 is 0. The molecule has 0 unspecified atom stereocenters. The van der Waals surface area contributed by atoms with Gasteiger partial charge in [0.2, 0.25) is 0 Å². The van der Waals surface area contributed by atoms with Crippen LogP contribution >= 0.6 is 0 Å². The zero-order valence-corrected chi connectivity index (χ0v) is 7.63. The number of rotatable bonds is 2. The molecule has 0 amide bonds. The summed E-state index contributed by atoms with van der Waals surface area (Å²) in [6, 6.07) is 0. The van der Waals surface area contributed by atoms with E-state index in [1.54, 1.807) is 0 Å². The first-order valence-corrected chi connectivity index (χ1v) is 3.98. The molecule has 0 aromatic carbocycles. The predicted molar refractivity (Wildman–Crippen MR) is 46.0 cm³/mol. The van der Waals surface area contributed by atoms with Gasteiger partial charge in [0.25, 0.3) is 0 Å². The van der Waals surface area contributed by atoms with Crippen LogP contribution in [0.2, 0.25) is 0 Å². The molecule has 3 heteroatoms. The molecule has 0 N–H and O–H groups in total. The minimum atomic E-state index is 0.630. The molecule has 0 fully saturated rings. The van der Waals surface area contributed by atoms with Crippen molar-refractivity contribution in [1.29, 1.82) is 0 Å².